The molecule has 4 heteroatoms. The molecular formula is C14H27NO2S. The first-order valence-corrected chi connectivity index (χ1v) is 8.01. The highest BCUT2D eigenvalue weighted by Gasteiger charge is 2.21. The molecule has 0 unspecified atom stereocenters. The molecule has 1 aliphatic carbocycles. The van der Waals surface area contributed by atoms with Gasteiger partial charge in [-0.25, -0.2) is 0 Å². The maximum absolute atomic E-state index is 11.6. The van der Waals surface area contributed by atoms with Crippen molar-refractivity contribution in [2.75, 3.05) is 12.3 Å². The molecule has 1 saturated carbocycles. The van der Waals surface area contributed by atoms with E-state index in [1.807, 2.05) is 20.8 Å². The molecule has 0 aliphatic heterocycles. The van der Waals surface area contributed by atoms with Crippen LogP contribution in [0.5, 0.6) is 0 Å². The van der Waals surface area contributed by atoms with E-state index in [1.165, 1.54) is 25.7 Å². The zero-order valence-electron chi connectivity index (χ0n) is 11.9. The summed E-state index contributed by atoms with van der Waals surface area (Å²) in [6.45, 7) is 6.60. The van der Waals surface area contributed by atoms with Gasteiger partial charge in [0.15, 0.2) is 0 Å². The van der Waals surface area contributed by atoms with Crippen molar-refractivity contribution in [3.8, 4) is 0 Å². The molecule has 1 amide bonds. The van der Waals surface area contributed by atoms with Crippen LogP contribution in [0.1, 0.15) is 52.9 Å². The average Bonchev–Trinajstić information content (AvgIpc) is 2.77. The third kappa shape index (κ3) is 6.10. The Balaban J connectivity index is 2.06. The van der Waals surface area contributed by atoms with Crippen molar-refractivity contribution >= 4 is 17.7 Å². The number of rotatable bonds is 6. The number of aliphatic hydroxyl groups is 1. The van der Waals surface area contributed by atoms with Gasteiger partial charge in [-0.3, -0.25) is 4.79 Å². The van der Waals surface area contributed by atoms with E-state index in [4.69, 9.17) is 0 Å². The molecule has 0 spiro atoms. The van der Waals surface area contributed by atoms with E-state index in [9.17, 15) is 9.90 Å². The molecule has 1 atom stereocenters. The van der Waals surface area contributed by atoms with Crippen LogP contribution >= 0.6 is 11.8 Å². The van der Waals surface area contributed by atoms with Gasteiger partial charge in [-0.15, -0.1) is 11.8 Å². The second-order valence-electron chi connectivity index (χ2n) is 6.24. The minimum atomic E-state index is -0.361. The highest BCUT2D eigenvalue weighted by atomic mass is 32.2. The fourth-order valence-electron chi connectivity index (χ4n) is 2.08. The van der Waals surface area contributed by atoms with E-state index in [1.54, 1.807) is 11.8 Å². The molecule has 106 valence electrons. The summed E-state index contributed by atoms with van der Waals surface area (Å²) < 4.78 is 0. The molecule has 0 aromatic carbocycles. The number of hydrogen-bond acceptors (Lipinski definition) is 3. The minimum absolute atomic E-state index is 0.105. The van der Waals surface area contributed by atoms with Crippen LogP contribution in [0.4, 0.5) is 0 Å². The summed E-state index contributed by atoms with van der Waals surface area (Å²) in [6, 6.07) is 0. The second kappa shape index (κ2) is 7.39. The van der Waals surface area contributed by atoms with Crippen LogP contribution in [0.15, 0.2) is 0 Å². The smallest absolute Gasteiger partial charge is 0.230 e. The van der Waals surface area contributed by atoms with Crippen LogP contribution in [-0.4, -0.2) is 34.7 Å². The summed E-state index contributed by atoms with van der Waals surface area (Å²) in [5.41, 5.74) is -0.108. The second-order valence-corrected chi connectivity index (χ2v) is 7.53. The standard InChI is InChI=1S/C14H27NO2S/c1-14(2,3)12(16)8-9-15-13(17)10-18-11-6-4-5-7-11/h11-12,16H,4-10H2,1-3H3,(H,15,17)/t12-/m1/s1. The SMILES string of the molecule is CC(C)(C)[C@H](O)CCNC(=O)CSC1CCCC1. The van der Waals surface area contributed by atoms with E-state index in [0.29, 0.717) is 24.0 Å². The molecule has 0 heterocycles. The summed E-state index contributed by atoms with van der Waals surface area (Å²) in [5.74, 6) is 0.670. The van der Waals surface area contributed by atoms with Crippen molar-refractivity contribution in [3.63, 3.8) is 0 Å². The molecule has 1 rings (SSSR count). The first kappa shape index (κ1) is 15.8. The number of nitrogens with one attached hydrogen (secondary N) is 1. The minimum Gasteiger partial charge on any atom is -0.393 e. The lowest BCUT2D eigenvalue weighted by Crippen LogP contribution is -2.33. The molecule has 1 aliphatic rings. The number of carbonyl (C=O) groups is 1. The highest BCUT2D eigenvalue weighted by molar-refractivity contribution is 8.00. The van der Waals surface area contributed by atoms with Gasteiger partial charge in [-0.2, -0.15) is 0 Å². The van der Waals surface area contributed by atoms with E-state index < -0.39 is 0 Å². The zero-order chi connectivity index (χ0) is 13.6. The topological polar surface area (TPSA) is 49.3 Å². The van der Waals surface area contributed by atoms with Crippen LogP contribution in [0.2, 0.25) is 0 Å². The average molecular weight is 273 g/mol. The lowest BCUT2D eigenvalue weighted by atomic mass is 9.87. The maximum atomic E-state index is 11.6. The van der Waals surface area contributed by atoms with Gasteiger partial charge in [0.1, 0.15) is 0 Å². The van der Waals surface area contributed by atoms with Gasteiger partial charge in [-0.05, 0) is 24.7 Å². The Labute approximate surface area is 115 Å². The van der Waals surface area contributed by atoms with Gasteiger partial charge < -0.3 is 10.4 Å². The first-order chi connectivity index (χ1) is 8.39. The maximum Gasteiger partial charge on any atom is 0.230 e. The van der Waals surface area contributed by atoms with Gasteiger partial charge in [0, 0.05) is 11.8 Å². The third-order valence-electron chi connectivity index (χ3n) is 3.49. The van der Waals surface area contributed by atoms with E-state index >= 15 is 0 Å². The van der Waals surface area contributed by atoms with Gasteiger partial charge >= 0.3 is 0 Å². The third-order valence-corrected chi connectivity index (χ3v) is 4.86. The summed E-state index contributed by atoms with van der Waals surface area (Å²) >= 11 is 1.78. The first-order valence-electron chi connectivity index (χ1n) is 6.96. The Kier molecular flexibility index (Phi) is 6.50. The van der Waals surface area contributed by atoms with E-state index in [0.717, 1.165) is 0 Å². The van der Waals surface area contributed by atoms with Gasteiger partial charge in [-0.1, -0.05) is 33.6 Å². The predicted molar refractivity (Wildman–Crippen MR) is 77.8 cm³/mol. The lowest BCUT2D eigenvalue weighted by Gasteiger charge is -2.25. The molecule has 3 nitrogen and oxygen atoms in total. The summed E-state index contributed by atoms with van der Waals surface area (Å²) in [4.78, 5) is 11.6. The highest BCUT2D eigenvalue weighted by Crippen LogP contribution is 2.29. The molecule has 0 aromatic heterocycles. The van der Waals surface area contributed by atoms with E-state index in [-0.39, 0.29) is 17.4 Å². The summed E-state index contributed by atoms with van der Waals surface area (Å²) in [5, 5.41) is 13.4. The van der Waals surface area contributed by atoms with Gasteiger partial charge in [0.2, 0.25) is 5.91 Å². The van der Waals surface area contributed by atoms with Crippen LogP contribution in [0, 0.1) is 5.41 Å². The zero-order valence-corrected chi connectivity index (χ0v) is 12.7. The summed E-state index contributed by atoms with van der Waals surface area (Å²) in [6.07, 6.45) is 5.43. The summed E-state index contributed by atoms with van der Waals surface area (Å²) in [7, 11) is 0. The molecule has 18 heavy (non-hydrogen) atoms. The fraction of sp³-hybridized carbons (Fsp3) is 0.929. The van der Waals surface area contributed by atoms with E-state index in [2.05, 4.69) is 5.32 Å². The number of hydrogen-bond donors (Lipinski definition) is 2. The number of thioether (sulfide) groups is 1. The Bertz CT molecular complexity index is 257. The Morgan fingerprint density at radius 1 is 1.39 bits per heavy atom. The largest absolute Gasteiger partial charge is 0.393 e. The Morgan fingerprint density at radius 2 is 2.00 bits per heavy atom. The molecule has 1 fully saturated rings. The molecule has 0 bridgehead atoms. The molecular weight excluding hydrogens is 246 g/mol. The number of aliphatic hydroxyl groups excluding tert-OH is 1. The normalized spacial score (nSPS) is 18.9. The van der Waals surface area contributed by atoms with Crippen molar-refractivity contribution in [1.82, 2.24) is 5.32 Å². The molecule has 0 saturated heterocycles. The van der Waals surface area contributed by atoms with Crippen molar-refractivity contribution in [2.45, 2.75) is 64.2 Å². The van der Waals surface area contributed by atoms with Gasteiger partial charge in [0.05, 0.1) is 11.9 Å². The monoisotopic (exact) mass is 273 g/mol. The van der Waals surface area contributed by atoms with Crippen LogP contribution in [0.3, 0.4) is 0 Å². The molecule has 0 radical (unpaired) electrons. The number of amides is 1. The lowest BCUT2D eigenvalue weighted by molar-refractivity contribution is -0.118. The van der Waals surface area contributed by atoms with Crippen LogP contribution in [0.25, 0.3) is 0 Å². The fourth-order valence-corrected chi connectivity index (χ4v) is 3.24. The van der Waals surface area contributed by atoms with Crippen LogP contribution in [-0.2, 0) is 4.79 Å². The quantitative estimate of drug-likeness (QED) is 0.782. The molecule has 2 N–H and O–H groups in total. The van der Waals surface area contributed by atoms with Gasteiger partial charge in [0.25, 0.3) is 0 Å². The van der Waals surface area contributed by atoms with Crippen molar-refractivity contribution < 1.29 is 9.90 Å². The van der Waals surface area contributed by atoms with Crippen molar-refractivity contribution in [3.05, 3.63) is 0 Å². The Hall–Kier alpha value is -0.220. The van der Waals surface area contributed by atoms with Crippen LogP contribution < -0.4 is 5.32 Å². The molecule has 0 aromatic rings. The predicted octanol–water partition coefficient (Wildman–Crippen LogP) is 2.58. The van der Waals surface area contributed by atoms with Crippen molar-refractivity contribution in [2.24, 2.45) is 5.41 Å². The van der Waals surface area contributed by atoms with Crippen molar-refractivity contribution in [1.29, 1.82) is 0 Å². The number of carbonyl (C=O) groups excluding carboxylic acids is 1. The Morgan fingerprint density at radius 3 is 2.56 bits per heavy atom.